The molecule has 228 valence electrons. The molecule has 1 fully saturated rings. The molecule has 0 spiro atoms. The zero-order valence-electron chi connectivity index (χ0n) is 24.4. The maximum atomic E-state index is 12.7. The number of rotatable bonds is 10. The Morgan fingerprint density at radius 1 is 0.778 bits per heavy atom. The first-order chi connectivity index (χ1) is 21.9. The maximum Gasteiger partial charge on any atom is 0.337 e. The molecule has 4 aromatic carbocycles. The minimum atomic E-state index is -1.10. The van der Waals surface area contributed by atoms with E-state index >= 15 is 0 Å². The summed E-state index contributed by atoms with van der Waals surface area (Å²) in [7, 11) is 0. The minimum Gasteiger partial charge on any atom is -0.490 e. The Morgan fingerprint density at radius 3 is 2.13 bits per heavy atom. The van der Waals surface area contributed by atoms with E-state index in [0.29, 0.717) is 22.8 Å². The van der Waals surface area contributed by atoms with Crippen molar-refractivity contribution in [2.75, 3.05) is 5.32 Å². The second kappa shape index (κ2) is 13.4. The fourth-order valence-electron chi connectivity index (χ4n) is 5.42. The maximum absolute atomic E-state index is 12.7. The van der Waals surface area contributed by atoms with E-state index in [0.717, 1.165) is 42.4 Å². The lowest BCUT2D eigenvalue weighted by Gasteiger charge is -2.29. The number of furan rings is 1. The van der Waals surface area contributed by atoms with Gasteiger partial charge in [0.05, 0.1) is 23.8 Å². The van der Waals surface area contributed by atoms with Crippen molar-refractivity contribution in [3.05, 3.63) is 120 Å². The molecule has 5 aromatic rings. The van der Waals surface area contributed by atoms with Crippen LogP contribution in [0.5, 0.6) is 17.2 Å². The highest BCUT2D eigenvalue weighted by Crippen LogP contribution is 2.28. The predicted molar refractivity (Wildman–Crippen MR) is 169 cm³/mol. The van der Waals surface area contributed by atoms with Crippen LogP contribution in [0, 0.1) is 0 Å². The molecule has 0 atom stereocenters. The zero-order chi connectivity index (χ0) is 31.2. The number of para-hydroxylation sites is 2. The van der Waals surface area contributed by atoms with Crippen LogP contribution in [0.2, 0.25) is 0 Å². The van der Waals surface area contributed by atoms with Crippen LogP contribution in [0.3, 0.4) is 0 Å². The number of hydrogen-bond acceptors (Lipinski definition) is 6. The minimum absolute atomic E-state index is 0.0412. The Balaban J connectivity index is 0.942. The Morgan fingerprint density at radius 2 is 1.42 bits per heavy atom. The number of carboxylic acid groups (broad SMARTS) is 1. The lowest BCUT2D eigenvalue weighted by Crippen LogP contribution is -2.39. The van der Waals surface area contributed by atoms with Crippen molar-refractivity contribution >= 4 is 34.4 Å². The van der Waals surface area contributed by atoms with E-state index in [4.69, 9.17) is 13.9 Å². The number of ether oxygens (including phenoxy) is 2. The average molecular weight is 605 g/mol. The van der Waals surface area contributed by atoms with Gasteiger partial charge in [-0.3, -0.25) is 9.59 Å². The first-order valence-electron chi connectivity index (χ1n) is 14.8. The van der Waals surface area contributed by atoms with Gasteiger partial charge in [-0.2, -0.15) is 0 Å². The predicted octanol–water partition coefficient (Wildman–Crippen LogP) is 7.22. The number of amides is 2. The van der Waals surface area contributed by atoms with Crippen molar-refractivity contribution in [2.45, 2.75) is 44.2 Å². The van der Waals surface area contributed by atoms with Gasteiger partial charge in [-0.25, -0.2) is 4.79 Å². The number of hydrogen-bond donors (Lipinski definition) is 3. The van der Waals surface area contributed by atoms with E-state index in [1.165, 1.54) is 6.07 Å². The number of anilines is 1. The van der Waals surface area contributed by atoms with Crippen LogP contribution in [0.15, 0.2) is 108 Å². The van der Waals surface area contributed by atoms with E-state index in [1.807, 2.05) is 48.5 Å². The van der Waals surface area contributed by atoms with E-state index in [1.54, 1.807) is 48.5 Å². The van der Waals surface area contributed by atoms with Crippen LogP contribution < -0.4 is 20.1 Å². The normalized spacial score (nSPS) is 16.1. The van der Waals surface area contributed by atoms with Crippen molar-refractivity contribution in [3.8, 4) is 17.2 Å². The van der Waals surface area contributed by atoms with Crippen molar-refractivity contribution < 1.29 is 33.4 Å². The van der Waals surface area contributed by atoms with Crippen molar-refractivity contribution in [3.63, 3.8) is 0 Å². The SMILES string of the molecule is O=C(Cc1ccc(Oc2ccc(OC3CCC(NC(=O)c4cc5ccccc5o4)CC3)cc2)cc1)Nc1ccccc1C(=O)O. The van der Waals surface area contributed by atoms with Gasteiger partial charge >= 0.3 is 5.97 Å². The highest BCUT2D eigenvalue weighted by atomic mass is 16.5. The molecular formula is C36H32N2O7. The van der Waals surface area contributed by atoms with Gasteiger partial charge in [0, 0.05) is 11.4 Å². The van der Waals surface area contributed by atoms with Gasteiger partial charge < -0.3 is 29.6 Å². The van der Waals surface area contributed by atoms with Gasteiger partial charge in [-0.05, 0) is 91.9 Å². The molecule has 0 unspecified atom stereocenters. The Hall–Kier alpha value is -5.57. The summed E-state index contributed by atoms with van der Waals surface area (Å²) >= 11 is 0. The molecule has 0 bridgehead atoms. The molecule has 1 saturated carbocycles. The molecule has 45 heavy (non-hydrogen) atoms. The number of carbonyl (C=O) groups is 3. The third-order valence-corrected chi connectivity index (χ3v) is 7.74. The molecule has 1 aliphatic carbocycles. The first kappa shape index (κ1) is 29.5. The first-order valence-corrected chi connectivity index (χ1v) is 14.8. The summed E-state index contributed by atoms with van der Waals surface area (Å²) in [4.78, 5) is 36.5. The molecule has 1 heterocycles. The molecule has 0 radical (unpaired) electrons. The highest BCUT2D eigenvalue weighted by molar-refractivity contribution is 6.01. The molecule has 0 saturated heterocycles. The third kappa shape index (κ3) is 7.51. The molecule has 2 amide bonds. The summed E-state index contributed by atoms with van der Waals surface area (Å²) in [5.74, 6) is 0.749. The molecule has 1 aliphatic rings. The second-order valence-corrected chi connectivity index (χ2v) is 11.0. The molecule has 6 rings (SSSR count). The van der Waals surface area contributed by atoms with Gasteiger partial charge in [-0.15, -0.1) is 0 Å². The number of carboxylic acids is 1. The van der Waals surface area contributed by atoms with Crippen molar-refractivity contribution in [1.29, 1.82) is 0 Å². The summed E-state index contributed by atoms with van der Waals surface area (Å²) in [5.41, 5.74) is 1.77. The Kier molecular flexibility index (Phi) is 8.77. The zero-order valence-corrected chi connectivity index (χ0v) is 24.4. The van der Waals surface area contributed by atoms with Crippen LogP contribution in [-0.2, 0) is 11.2 Å². The van der Waals surface area contributed by atoms with E-state index in [-0.39, 0.29) is 41.6 Å². The van der Waals surface area contributed by atoms with Gasteiger partial charge in [0.25, 0.3) is 5.91 Å². The molecule has 1 aromatic heterocycles. The number of nitrogens with one attached hydrogen (secondary N) is 2. The quantitative estimate of drug-likeness (QED) is 0.154. The molecular weight excluding hydrogens is 572 g/mol. The largest absolute Gasteiger partial charge is 0.490 e. The second-order valence-electron chi connectivity index (χ2n) is 11.0. The van der Waals surface area contributed by atoms with E-state index in [9.17, 15) is 19.5 Å². The molecule has 9 heteroatoms. The monoisotopic (exact) mass is 604 g/mol. The molecule has 9 nitrogen and oxygen atoms in total. The Labute approximate surface area is 259 Å². The smallest absolute Gasteiger partial charge is 0.337 e. The van der Waals surface area contributed by atoms with Gasteiger partial charge in [0.2, 0.25) is 5.91 Å². The van der Waals surface area contributed by atoms with E-state index in [2.05, 4.69) is 10.6 Å². The number of fused-ring (bicyclic) bond motifs is 1. The van der Waals surface area contributed by atoms with Crippen LogP contribution >= 0.6 is 0 Å². The van der Waals surface area contributed by atoms with Crippen molar-refractivity contribution in [2.24, 2.45) is 0 Å². The number of aromatic carboxylic acids is 1. The van der Waals surface area contributed by atoms with Gasteiger partial charge in [0.1, 0.15) is 22.8 Å². The topological polar surface area (TPSA) is 127 Å². The van der Waals surface area contributed by atoms with Gasteiger partial charge in [0.15, 0.2) is 5.76 Å². The standard InChI is InChI=1S/C36H32N2O7/c39-34(38-31-7-3-2-6-30(31)36(41)42)21-23-9-13-26(14-10-23)43-28-17-19-29(20-18-28)44-27-15-11-25(12-16-27)37-35(40)33-22-24-5-1-4-8-32(24)45-33/h1-10,13-14,17-20,22,25,27H,11-12,15-16,21H2,(H,37,40)(H,38,39)(H,41,42). The summed E-state index contributed by atoms with van der Waals surface area (Å²) < 4.78 is 17.8. The van der Waals surface area contributed by atoms with Crippen LogP contribution in [-0.4, -0.2) is 35.0 Å². The number of benzene rings is 4. The fourth-order valence-corrected chi connectivity index (χ4v) is 5.42. The van der Waals surface area contributed by atoms with Gasteiger partial charge in [-0.1, -0.05) is 42.5 Å². The highest BCUT2D eigenvalue weighted by Gasteiger charge is 2.25. The summed E-state index contributed by atoms with van der Waals surface area (Å²) in [6.45, 7) is 0. The van der Waals surface area contributed by atoms with Crippen LogP contribution in [0.4, 0.5) is 5.69 Å². The van der Waals surface area contributed by atoms with Crippen LogP contribution in [0.1, 0.15) is 52.2 Å². The lowest BCUT2D eigenvalue weighted by molar-refractivity contribution is -0.115. The summed E-state index contributed by atoms with van der Waals surface area (Å²) in [6, 6.07) is 30.3. The molecule has 3 N–H and O–H groups in total. The summed E-state index contributed by atoms with van der Waals surface area (Å²) in [6.07, 6.45) is 3.48. The van der Waals surface area contributed by atoms with Crippen LogP contribution in [0.25, 0.3) is 11.0 Å². The van der Waals surface area contributed by atoms with Crippen molar-refractivity contribution in [1.82, 2.24) is 5.32 Å². The van der Waals surface area contributed by atoms with E-state index < -0.39 is 5.97 Å². The Bertz CT molecular complexity index is 1770. The average Bonchev–Trinajstić information content (AvgIpc) is 3.49. The molecule has 0 aliphatic heterocycles. The summed E-state index contributed by atoms with van der Waals surface area (Å²) in [5, 5.41) is 16.0. The lowest BCUT2D eigenvalue weighted by atomic mass is 9.93. The number of carbonyl (C=O) groups excluding carboxylic acids is 2. The fraction of sp³-hybridized carbons (Fsp3) is 0.194. The third-order valence-electron chi connectivity index (χ3n) is 7.74.